The minimum atomic E-state index is -0.474. The second kappa shape index (κ2) is 7.24. The van der Waals surface area contributed by atoms with Gasteiger partial charge in [0.15, 0.2) is 0 Å². The van der Waals surface area contributed by atoms with Gasteiger partial charge in [0.1, 0.15) is 0 Å². The molecule has 0 spiro atoms. The van der Waals surface area contributed by atoms with Crippen LogP contribution in [0.4, 0.5) is 5.69 Å². The Labute approximate surface area is 168 Å². The summed E-state index contributed by atoms with van der Waals surface area (Å²) in [4.78, 5) is 29.1. The number of nitrogens with one attached hydrogen (secondary N) is 1. The number of nitrogens with zero attached hydrogens (tertiary/aromatic N) is 1. The first-order chi connectivity index (χ1) is 13.5. The molecule has 5 heteroatoms. The first-order valence-electron chi connectivity index (χ1n) is 9.24. The van der Waals surface area contributed by atoms with E-state index in [4.69, 9.17) is 0 Å². The molecule has 4 nitrogen and oxygen atoms in total. The van der Waals surface area contributed by atoms with E-state index in [1.165, 1.54) is 0 Å². The molecule has 2 amide bonds. The van der Waals surface area contributed by atoms with Crippen molar-refractivity contribution in [2.45, 2.75) is 25.8 Å². The molecule has 0 saturated carbocycles. The molecule has 4 rings (SSSR count). The summed E-state index contributed by atoms with van der Waals surface area (Å²) in [6, 6.07) is 17.1. The summed E-state index contributed by atoms with van der Waals surface area (Å²) >= 11 is 1.57. The lowest BCUT2D eigenvalue weighted by atomic mass is 9.81. The number of benzene rings is 2. The molecule has 0 fully saturated rings. The minimum absolute atomic E-state index is 0.0514. The van der Waals surface area contributed by atoms with E-state index >= 15 is 0 Å². The lowest BCUT2D eigenvalue weighted by Crippen LogP contribution is -2.43. The van der Waals surface area contributed by atoms with Gasteiger partial charge in [0.05, 0.1) is 12.0 Å². The van der Waals surface area contributed by atoms with Crippen molar-refractivity contribution >= 4 is 28.8 Å². The van der Waals surface area contributed by atoms with E-state index in [0.717, 1.165) is 27.3 Å². The van der Waals surface area contributed by atoms with Gasteiger partial charge in [-0.3, -0.25) is 9.59 Å². The molecule has 1 aromatic heterocycles. The molecule has 2 aromatic carbocycles. The lowest BCUT2D eigenvalue weighted by molar-refractivity contribution is -0.119. The Hall–Kier alpha value is -2.92. The maximum atomic E-state index is 13.5. The van der Waals surface area contributed by atoms with Crippen LogP contribution in [0.5, 0.6) is 0 Å². The summed E-state index contributed by atoms with van der Waals surface area (Å²) in [5, 5.41) is 5.07. The van der Waals surface area contributed by atoms with Gasteiger partial charge in [-0.25, -0.2) is 0 Å². The predicted molar refractivity (Wildman–Crippen MR) is 113 cm³/mol. The Balaban J connectivity index is 1.79. The van der Waals surface area contributed by atoms with Gasteiger partial charge < -0.3 is 10.2 Å². The van der Waals surface area contributed by atoms with E-state index in [-0.39, 0.29) is 17.9 Å². The molecular weight excluding hydrogens is 368 g/mol. The van der Waals surface area contributed by atoms with E-state index in [0.29, 0.717) is 5.56 Å². The summed E-state index contributed by atoms with van der Waals surface area (Å²) < 4.78 is 0. The van der Waals surface area contributed by atoms with Gasteiger partial charge in [-0.05, 0) is 60.2 Å². The monoisotopic (exact) mass is 390 g/mol. The molecule has 0 radical (unpaired) electrons. The van der Waals surface area contributed by atoms with Crippen LogP contribution in [0.15, 0.2) is 60.0 Å². The van der Waals surface area contributed by atoms with Gasteiger partial charge >= 0.3 is 0 Å². The molecule has 0 unspecified atom stereocenters. The highest BCUT2D eigenvalue weighted by Crippen LogP contribution is 2.43. The Morgan fingerprint density at radius 2 is 1.75 bits per heavy atom. The van der Waals surface area contributed by atoms with E-state index in [1.54, 1.807) is 29.4 Å². The van der Waals surface area contributed by atoms with Crippen LogP contribution >= 0.6 is 11.3 Å². The Morgan fingerprint density at radius 1 is 1.04 bits per heavy atom. The van der Waals surface area contributed by atoms with E-state index in [2.05, 4.69) is 11.4 Å². The molecule has 0 bridgehead atoms. The van der Waals surface area contributed by atoms with Gasteiger partial charge in [0, 0.05) is 23.2 Å². The zero-order chi connectivity index (χ0) is 19.8. The van der Waals surface area contributed by atoms with Crippen molar-refractivity contribution in [2.24, 2.45) is 0 Å². The van der Waals surface area contributed by atoms with Crippen molar-refractivity contribution in [1.29, 1.82) is 0 Å². The zero-order valence-electron chi connectivity index (χ0n) is 16.1. The quantitative estimate of drug-likeness (QED) is 0.690. The summed E-state index contributed by atoms with van der Waals surface area (Å²) in [5.74, 6) is -0.627. The van der Waals surface area contributed by atoms with Gasteiger partial charge in [-0.15, -0.1) is 11.3 Å². The molecule has 1 N–H and O–H groups in total. The fraction of sp³-hybridized carbons (Fsp3) is 0.217. The molecular formula is C23H22N2O2S. The Morgan fingerprint density at radius 3 is 2.43 bits per heavy atom. The number of thiophene rings is 1. The van der Waals surface area contributed by atoms with Crippen molar-refractivity contribution in [3.05, 3.63) is 87.1 Å². The molecule has 3 aromatic rings. The number of fused-ring (bicyclic) bond motifs is 1. The van der Waals surface area contributed by atoms with Crippen LogP contribution in [0.1, 0.15) is 43.9 Å². The number of rotatable bonds is 3. The first kappa shape index (κ1) is 18.4. The van der Waals surface area contributed by atoms with Crippen LogP contribution in [0.2, 0.25) is 0 Å². The third kappa shape index (κ3) is 3.22. The van der Waals surface area contributed by atoms with Crippen LogP contribution in [-0.2, 0) is 4.79 Å². The number of hydrogen-bond acceptors (Lipinski definition) is 3. The minimum Gasteiger partial charge on any atom is -0.333 e. The second-order valence-corrected chi connectivity index (χ2v) is 8.29. The Bertz CT molecular complexity index is 1020. The van der Waals surface area contributed by atoms with E-state index in [1.807, 2.05) is 61.7 Å². The van der Waals surface area contributed by atoms with Crippen molar-refractivity contribution < 1.29 is 9.59 Å². The number of hydrogen-bond donors (Lipinski definition) is 1. The summed E-state index contributed by atoms with van der Waals surface area (Å²) in [7, 11) is 1.78. The van der Waals surface area contributed by atoms with Crippen molar-refractivity contribution in [1.82, 2.24) is 4.90 Å². The number of amides is 2. The third-order valence-electron chi connectivity index (χ3n) is 5.19. The maximum absolute atomic E-state index is 13.5. The molecule has 2 heterocycles. The van der Waals surface area contributed by atoms with Gasteiger partial charge in [-0.2, -0.15) is 0 Å². The molecule has 1 aliphatic rings. The topological polar surface area (TPSA) is 49.4 Å². The van der Waals surface area contributed by atoms with Gasteiger partial charge in [0.25, 0.3) is 5.91 Å². The highest BCUT2D eigenvalue weighted by molar-refractivity contribution is 7.10. The molecule has 1 aliphatic heterocycles. The van der Waals surface area contributed by atoms with Crippen LogP contribution in [0, 0.1) is 13.8 Å². The Kier molecular flexibility index (Phi) is 4.77. The zero-order valence-corrected chi connectivity index (χ0v) is 16.9. The summed E-state index contributed by atoms with van der Waals surface area (Å²) in [5.41, 5.74) is 4.36. The maximum Gasteiger partial charge on any atom is 0.254 e. The summed E-state index contributed by atoms with van der Waals surface area (Å²) in [6.45, 7) is 4.03. The number of carbonyl (C=O) groups excluding carboxylic acids is 2. The normalized spacial score (nSPS) is 18.7. The molecule has 142 valence electrons. The summed E-state index contributed by atoms with van der Waals surface area (Å²) in [6.07, 6.45) is 0. The molecule has 0 aliphatic carbocycles. The number of anilines is 1. The number of likely N-dealkylation sites (N-methyl/N-ethyl adjacent to an activating group) is 1. The van der Waals surface area contributed by atoms with E-state index < -0.39 is 5.92 Å². The van der Waals surface area contributed by atoms with Crippen LogP contribution < -0.4 is 5.32 Å². The highest BCUT2D eigenvalue weighted by Gasteiger charge is 2.43. The largest absolute Gasteiger partial charge is 0.333 e. The standard InChI is InChI=1S/C23H22N2O2S/c1-14-11-15(2)13-16(12-14)24-22(26)20-17-7-4-5-8-18(17)23(27)25(3)21(20)19-9-6-10-28-19/h4-13,20-21H,1-3H3,(H,24,26)/t20-,21+/m1/s1. The SMILES string of the molecule is Cc1cc(C)cc(NC(=O)[C@@H]2c3ccccc3C(=O)N(C)[C@H]2c2cccs2)c1. The van der Waals surface area contributed by atoms with Gasteiger partial charge in [-0.1, -0.05) is 30.3 Å². The van der Waals surface area contributed by atoms with Crippen molar-refractivity contribution in [3.63, 3.8) is 0 Å². The average Bonchev–Trinajstić information content (AvgIpc) is 3.17. The molecule has 28 heavy (non-hydrogen) atoms. The van der Waals surface area contributed by atoms with E-state index in [9.17, 15) is 9.59 Å². The smallest absolute Gasteiger partial charge is 0.254 e. The van der Waals surface area contributed by atoms with Crippen molar-refractivity contribution in [2.75, 3.05) is 12.4 Å². The number of aryl methyl sites for hydroxylation is 2. The van der Waals surface area contributed by atoms with Crippen molar-refractivity contribution in [3.8, 4) is 0 Å². The predicted octanol–water partition coefficient (Wildman–Crippen LogP) is 4.91. The third-order valence-corrected chi connectivity index (χ3v) is 6.13. The first-order valence-corrected chi connectivity index (χ1v) is 10.1. The molecule has 2 atom stereocenters. The molecule has 0 saturated heterocycles. The van der Waals surface area contributed by atoms with Crippen LogP contribution in [0.3, 0.4) is 0 Å². The lowest BCUT2D eigenvalue weighted by Gasteiger charge is -2.39. The fourth-order valence-corrected chi connectivity index (χ4v) is 4.94. The van der Waals surface area contributed by atoms with Crippen LogP contribution in [-0.4, -0.2) is 23.8 Å². The fourth-order valence-electron chi connectivity index (χ4n) is 4.04. The second-order valence-electron chi connectivity index (χ2n) is 7.31. The number of carbonyl (C=O) groups is 2. The van der Waals surface area contributed by atoms with Gasteiger partial charge in [0.2, 0.25) is 5.91 Å². The van der Waals surface area contributed by atoms with Crippen LogP contribution in [0.25, 0.3) is 0 Å². The average molecular weight is 391 g/mol. The highest BCUT2D eigenvalue weighted by atomic mass is 32.1.